The first-order valence-electron chi connectivity index (χ1n) is 3.44. The number of alkyl halides is 2. The van der Waals surface area contributed by atoms with E-state index in [4.69, 9.17) is 16.7 Å². The molecule has 0 unspecified atom stereocenters. The Morgan fingerprint density at radius 2 is 2.07 bits per heavy atom. The molecule has 0 fully saturated rings. The summed E-state index contributed by atoms with van der Waals surface area (Å²) in [5, 5.41) is 13.3. The van der Waals surface area contributed by atoms with Gasteiger partial charge in [-0.3, -0.25) is 0 Å². The lowest BCUT2D eigenvalue weighted by Crippen LogP contribution is -2.13. The molecule has 0 spiro atoms. The van der Waals surface area contributed by atoms with Crippen molar-refractivity contribution < 1.29 is 22.3 Å². The van der Waals surface area contributed by atoms with Gasteiger partial charge in [-0.05, 0) is 6.07 Å². The minimum Gasteiger partial charge on any atom is -0.505 e. The van der Waals surface area contributed by atoms with E-state index >= 15 is 0 Å². The van der Waals surface area contributed by atoms with Crippen molar-refractivity contribution in [3.05, 3.63) is 16.9 Å². The molecule has 0 radical (unpaired) electrons. The summed E-state index contributed by atoms with van der Waals surface area (Å²) >= 11 is 5.30. The fraction of sp³-hybridized carbons (Fsp3) is 0.167. The zero-order chi connectivity index (χ0) is 11.8. The van der Waals surface area contributed by atoms with E-state index in [-0.39, 0.29) is 0 Å². The van der Waals surface area contributed by atoms with Crippen molar-refractivity contribution in [2.75, 3.05) is 0 Å². The van der Waals surface area contributed by atoms with Crippen molar-refractivity contribution in [2.45, 2.75) is 11.3 Å². The molecular weight excluding hydrogens is 254 g/mol. The standard InChI is InChI=1S/C6H5ClF2N2O3S/c7-3-1-2(15(10,13)14)5(12)4(11-3)6(8)9/h1,6,12H,(H2,10,13,14). The van der Waals surface area contributed by atoms with Crippen molar-refractivity contribution >= 4 is 21.6 Å². The van der Waals surface area contributed by atoms with Gasteiger partial charge in [0.2, 0.25) is 10.0 Å². The van der Waals surface area contributed by atoms with Crippen LogP contribution >= 0.6 is 11.6 Å². The number of nitrogens with zero attached hydrogens (tertiary/aromatic N) is 1. The molecular formula is C6H5ClF2N2O3S. The van der Waals surface area contributed by atoms with Crippen LogP contribution in [0.4, 0.5) is 8.78 Å². The van der Waals surface area contributed by atoms with Gasteiger partial charge in [0.1, 0.15) is 10.0 Å². The number of nitrogens with two attached hydrogens (primary N) is 1. The highest BCUT2D eigenvalue weighted by molar-refractivity contribution is 7.89. The lowest BCUT2D eigenvalue weighted by atomic mass is 10.3. The number of aromatic hydroxyl groups is 1. The van der Waals surface area contributed by atoms with Crippen molar-refractivity contribution in [1.82, 2.24) is 4.98 Å². The third-order valence-corrected chi connectivity index (χ3v) is 2.58. The Labute approximate surface area is 88.5 Å². The molecule has 84 valence electrons. The molecule has 1 rings (SSSR count). The van der Waals surface area contributed by atoms with Crippen LogP contribution in [0.1, 0.15) is 12.1 Å². The van der Waals surface area contributed by atoms with E-state index in [0.29, 0.717) is 6.07 Å². The van der Waals surface area contributed by atoms with E-state index in [1.54, 1.807) is 0 Å². The highest BCUT2D eigenvalue weighted by atomic mass is 35.5. The number of rotatable bonds is 2. The van der Waals surface area contributed by atoms with E-state index in [1.807, 2.05) is 0 Å². The molecule has 15 heavy (non-hydrogen) atoms. The SMILES string of the molecule is NS(=O)(=O)c1cc(Cl)nc(C(F)F)c1O. The second-order valence-corrected chi connectivity index (χ2v) is 4.44. The maximum atomic E-state index is 12.3. The van der Waals surface area contributed by atoms with Gasteiger partial charge in [0.05, 0.1) is 0 Å². The monoisotopic (exact) mass is 258 g/mol. The van der Waals surface area contributed by atoms with Gasteiger partial charge in [-0.25, -0.2) is 27.3 Å². The number of primary sulfonamides is 1. The minimum atomic E-state index is -4.32. The van der Waals surface area contributed by atoms with Crippen molar-refractivity contribution in [3.63, 3.8) is 0 Å². The lowest BCUT2D eigenvalue weighted by Gasteiger charge is -2.07. The van der Waals surface area contributed by atoms with Crippen molar-refractivity contribution in [1.29, 1.82) is 0 Å². The summed E-state index contributed by atoms with van der Waals surface area (Å²) in [4.78, 5) is 2.21. The fourth-order valence-corrected chi connectivity index (χ4v) is 1.79. The third-order valence-electron chi connectivity index (χ3n) is 1.47. The quantitative estimate of drug-likeness (QED) is 0.775. The van der Waals surface area contributed by atoms with Gasteiger partial charge in [0, 0.05) is 0 Å². The summed E-state index contributed by atoms with van der Waals surface area (Å²) in [6.45, 7) is 0. The molecule has 5 nitrogen and oxygen atoms in total. The molecule has 1 aromatic rings. The molecule has 0 saturated heterocycles. The third kappa shape index (κ3) is 2.52. The van der Waals surface area contributed by atoms with Crippen molar-refractivity contribution in [3.8, 4) is 5.75 Å². The molecule has 1 heterocycles. The Bertz CT molecular complexity index is 491. The zero-order valence-corrected chi connectivity index (χ0v) is 8.56. The predicted molar refractivity (Wildman–Crippen MR) is 47.2 cm³/mol. The number of hydrogen-bond donors (Lipinski definition) is 2. The Morgan fingerprint density at radius 3 is 2.47 bits per heavy atom. The summed E-state index contributed by atoms with van der Waals surface area (Å²) in [6.07, 6.45) is -3.15. The van der Waals surface area contributed by atoms with E-state index in [0.717, 1.165) is 0 Å². The number of halogens is 3. The summed E-state index contributed by atoms with van der Waals surface area (Å²) < 4.78 is 46.3. The highest BCUT2D eigenvalue weighted by Crippen LogP contribution is 2.33. The Hall–Kier alpha value is -0.990. The van der Waals surface area contributed by atoms with E-state index in [2.05, 4.69) is 10.1 Å². The van der Waals surface area contributed by atoms with Crippen LogP contribution in [0.15, 0.2) is 11.0 Å². The predicted octanol–water partition coefficient (Wildman–Crippen LogP) is 1.03. The van der Waals surface area contributed by atoms with Gasteiger partial charge in [-0.15, -0.1) is 0 Å². The van der Waals surface area contributed by atoms with Crippen LogP contribution < -0.4 is 5.14 Å². The first-order valence-corrected chi connectivity index (χ1v) is 5.36. The van der Waals surface area contributed by atoms with Crippen LogP contribution in [0.25, 0.3) is 0 Å². The Morgan fingerprint density at radius 1 is 1.53 bits per heavy atom. The minimum absolute atomic E-state index is 0.493. The van der Waals surface area contributed by atoms with Crippen LogP contribution in [-0.2, 0) is 10.0 Å². The Balaban J connectivity index is 3.56. The van der Waals surface area contributed by atoms with Gasteiger partial charge >= 0.3 is 0 Å². The largest absolute Gasteiger partial charge is 0.505 e. The van der Waals surface area contributed by atoms with Gasteiger partial charge in [0.25, 0.3) is 6.43 Å². The molecule has 0 aromatic carbocycles. The first-order chi connectivity index (χ1) is 6.73. The maximum absolute atomic E-state index is 12.3. The molecule has 0 atom stereocenters. The number of aromatic nitrogens is 1. The van der Waals surface area contributed by atoms with Gasteiger partial charge in [-0.2, -0.15) is 0 Å². The summed E-state index contributed by atoms with van der Waals surface area (Å²) in [5.41, 5.74) is -1.12. The molecule has 9 heteroatoms. The molecule has 0 saturated carbocycles. The van der Waals surface area contributed by atoms with E-state index in [9.17, 15) is 17.2 Å². The highest BCUT2D eigenvalue weighted by Gasteiger charge is 2.24. The second-order valence-electron chi connectivity index (χ2n) is 2.52. The number of hydrogen-bond acceptors (Lipinski definition) is 4. The average Bonchev–Trinajstić information content (AvgIpc) is 2.06. The molecule has 0 aliphatic heterocycles. The van der Waals surface area contributed by atoms with Crippen LogP contribution in [0.3, 0.4) is 0 Å². The molecule has 3 N–H and O–H groups in total. The van der Waals surface area contributed by atoms with Gasteiger partial charge in [0.15, 0.2) is 11.4 Å². The normalized spacial score (nSPS) is 12.1. The number of pyridine rings is 1. The zero-order valence-electron chi connectivity index (χ0n) is 6.99. The van der Waals surface area contributed by atoms with Gasteiger partial charge < -0.3 is 5.11 Å². The first kappa shape index (κ1) is 12.1. The number of sulfonamides is 1. The van der Waals surface area contributed by atoms with Crippen LogP contribution in [-0.4, -0.2) is 18.5 Å². The van der Waals surface area contributed by atoms with Crippen LogP contribution in [0, 0.1) is 0 Å². The average molecular weight is 259 g/mol. The molecule has 0 bridgehead atoms. The molecule has 0 aliphatic carbocycles. The fourth-order valence-electron chi connectivity index (χ4n) is 0.872. The van der Waals surface area contributed by atoms with E-state index in [1.165, 1.54) is 0 Å². The second kappa shape index (κ2) is 3.87. The van der Waals surface area contributed by atoms with Crippen molar-refractivity contribution in [2.24, 2.45) is 5.14 Å². The molecule has 0 amide bonds. The van der Waals surface area contributed by atoms with E-state index < -0.39 is 37.9 Å². The molecule has 1 aromatic heterocycles. The van der Waals surface area contributed by atoms with Crippen LogP contribution in [0.2, 0.25) is 5.15 Å². The summed E-state index contributed by atoms with van der Waals surface area (Å²) in [7, 11) is -4.32. The topological polar surface area (TPSA) is 93.3 Å². The smallest absolute Gasteiger partial charge is 0.284 e. The maximum Gasteiger partial charge on any atom is 0.284 e. The summed E-state index contributed by atoms with van der Waals surface area (Å²) in [5.74, 6) is -1.18. The summed E-state index contributed by atoms with van der Waals surface area (Å²) in [6, 6.07) is 0.693. The molecule has 0 aliphatic rings. The van der Waals surface area contributed by atoms with Gasteiger partial charge in [-0.1, -0.05) is 11.6 Å². The lowest BCUT2D eigenvalue weighted by molar-refractivity contribution is 0.141. The van der Waals surface area contributed by atoms with Crippen LogP contribution in [0.5, 0.6) is 5.75 Å². The Kier molecular flexibility index (Phi) is 3.12.